The minimum atomic E-state index is 0.601. The topological polar surface area (TPSA) is 24.5 Å². The number of fused-ring (bicyclic) bond motifs is 1. The van der Waals surface area contributed by atoms with E-state index in [1.54, 1.807) is 7.11 Å². The van der Waals surface area contributed by atoms with Gasteiger partial charge in [0.05, 0.1) is 12.8 Å². The van der Waals surface area contributed by atoms with Crippen molar-refractivity contribution in [3.63, 3.8) is 0 Å². The molecule has 1 atom stereocenters. The molecule has 1 aromatic rings. The minimum absolute atomic E-state index is 0.601. The van der Waals surface area contributed by atoms with Crippen LogP contribution in [0.25, 0.3) is 0 Å². The Morgan fingerprint density at radius 2 is 2.12 bits per heavy atom. The van der Waals surface area contributed by atoms with Crippen molar-refractivity contribution in [1.82, 2.24) is 4.90 Å². The fourth-order valence-electron chi connectivity index (χ4n) is 2.66. The van der Waals surface area contributed by atoms with Gasteiger partial charge in [0, 0.05) is 12.6 Å². The molecule has 0 fully saturated rings. The van der Waals surface area contributed by atoms with Crippen LogP contribution in [-0.2, 0) is 6.42 Å². The highest BCUT2D eigenvalue weighted by atomic mass is 16.5. The molecule has 1 aliphatic rings. The van der Waals surface area contributed by atoms with Crippen LogP contribution in [0.5, 0.6) is 5.75 Å². The van der Waals surface area contributed by atoms with E-state index in [-0.39, 0.29) is 0 Å². The van der Waals surface area contributed by atoms with E-state index in [0.717, 1.165) is 31.8 Å². The van der Waals surface area contributed by atoms with Gasteiger partial charge in [0.1, 0.15) is 5.75 Å². The van der Waals surface area contributed by atoms with Crippen LogP contribution >= 0.6 is 0 Å². The first-order chi connectivity index (χ1) is 8.30. The number of rotatable bonds is 4. The van der Waals surface area contributed by atoms with Crippen LogP contribution in [0.4, 0.5) is 5.69 Å². The lowest BCUT2D eigenvalue weighted by molar-refractivity contribution is 0.221. The molecule has 1 unspecified atom stereocenters. The van der Waals surface area contributed by atoms with Gasteiger partial charge in [0.2, 0.25) is 0 Å². The number of nitrogens with zero attached hydrogens (tertiary/aromatic N) is 1. The Kier molecular flexibility index (Phi) is 3.89. The Balaban J connectivity index is 2.19. The monoisotopic (exact) mass is 234 g/mol. The van der Waals surface area contributed by atoms with Crippen LogP contribution < -0.4 is 10.1 Å². The maximum absolute atomic E-state index is 5.38. The van der Waals surface area contributed by atoms with Crippen molar-refractivity contribution in [2.45, 2.75) is 26.3 Å². The molecular weight excluding hydrogens is 212 g/mol. The van der Waals surface area contributed by atoms with Gasteiger partial charge in [-0.3, -0.25) is 4.90 Å². The van der Waals surface area contributed by atoms with Crippen LogP contribution in [0.1, 0.15) is 19.4 Å². The van der Waals surface area contributed by atoms with E-state index in [0.29, 0.717) is 6.04 Å². The van der Waals surface area contributed by atoms with Crippen molar-refractivity contribution >= 4 is 5.69 Å². The van der Waals surface area contributed by atoms with Crippen LogP contribution in [0.3, 0.4) is 0 Å². The molecule has 3 heteroatoms. The average molecular weight is 234 g/mol. The van der Waals surface area contributed by atoms with Crippen molar-refractivity contribution < 1.29 is 4.74 Å². The lowest BCUT2D eigenvalue weighted by atomic mass is 9.98. The Hall–Kier alpha value is -1.22. The maximum Gasteiger partial charge on any atom is 0.142 e. The van der Waals surface area contributed by atoms with Crippen molar-refractivity contribution in [2.75, 3.05) is 32.1 Å². The minimum Gasteiger partial charge on any atom is -0.495 e. The molecule has 94 valence electrons. The van der Waals surface area contributed by atoms with Crippen LogP contribution in [-0.4, -0.2) is 37.7 Å². The van der Waals surface area contributed by atoms with E-state index in [1.807, 2.05) is 6.07 Å². The summed E-state index contributed by atoms with van der Waals surface area (Å²) in [5.41, 5.74) is 2.55. The number of hydrogen-bond acceptors (Lipinski definition) is 3. The first-order valence-corrected chi connectivity index (χ1v) is 6.43. The Bertz CT molecular complexity index is 374. The summed E-state index contributed by atoms with van der Waals surface area (Å²) in [5.74, 6) is 0.959. The summed E-state index contributed by atoms with van der Waals surface area (Å²) in [6, 6.07) is 6.89. The second-order valence-electron chi connectivity index (χ2n) is 4.45. The Morgan fingerprint density at radius 3 is 2.76 bits per heavy atom. The molecule has 1 aromatic carbocycles. The molecule has 1 aliphatic heterocycles. The quantitative estimate of drug-likeness (QED) is 0.865. The number of nitrogens with one attached hydrogen (secondary N) is 1. The number of likely N-dealkylation sites (N-methyl/N-ethyl adjacent to an activating group) is 1. The maximum atomic E-state index is 5.38. The molecule has 2 rings (SSSR count). The van der Waals surface area contributed by atoms with Gasteiger partial charge < -0.3 is 10.1 Å². The van der Waals surface area contributed by atoms with E-state index in [1.165, 1.54) is 11.3 Å². The number of anilines is 1. The predicted octanol–water partition coefficient (Wildman–Crippen LogP) is 2.37. The Morgan fingerprint density at radius 1 is 1.35 bits per heavy atom. The lowest BCUT2D eigenvalue weighted by Gasteiger charge is -2.34. The Labute approximate surface area is 104 Å². The zero-order chi connectivity index (χ0) is 12.3. The summed E-state index contributed by atoms with van der Waals surface area (Å²) in [6.45, 7) is 7.69. The molecule has 1 N–H and O–H groups in total. The van der Waals surface area contributed by atoms with Crippen molar-refractivity contribution in [1.29, 1.82) is 0 Å². The second-order valence-corrected chi connectivity index (χ2v) is 4.45. The highest BCUT2D eigenvalue weighted by molar-refractivity contribution is 5.63. The van der Waals surface area contributed by atoms with Gasteiger partial charge in [-0.2, -0.15) is 0 Å². The molecule has 0 saturated heterocycles. The van der Waals surface area contributed by atoms with Gasteiger partial charge in [-0.1, -0.05) is 26.0 Å². The van der Waals surface area contributed by atoms with Gasteiger partial charge in [0.15, 0.2) is 0 Å². The molecule has 0 radical (unpaired) electrons. The smallest absolute Gasteiger partial charge is 0.142 e. The molecule has 0 spiro atoms. The molecule has 0 aromatic heterocycles. The molecule has 1 heterocycles. The molecule has 0 bridgehead atoms. The molecule has 0 aliphatic carbocycles. The summed E-state index contributed by atoms with van der Waals surface area (Å²) >= 11 is 0. The molecule has 0 amide bonds. The van der Waals surface area contributed by atoms with E-state index < -0.39 is 0 Å². The summed E-state index contributed by atoms with van der Waals surface area (Å²) in [5, 5.41) is 3.51. The molecule has 3 nitrogen and oxygen atoms in total. The van der Waals surface area contributed by atoms with Gasteiger partial charge in [-0.05, 0) is 31.1 Å². The zero-order valence-corrected chi connectivity index (χ0v) is 11.0. The first-order valence-electron chi connectivity index (χ1n) is 6.43. The van der Waals surface area contributed by atoms with E-state index in [4.69, 9.17) is 4.74 Å². The summed E-state index contributed by atoms with van der Waals surface area (Å²) in [6.07, 6.45) is 1.11. The van der Waals surface area contributed by atoms with Gasteiger partial charge in [0.25, 0.3) is 0 Å². The summed E-state index contributed by atoms with van der Waals surface area (Å²) in [4.78, 5) is 2.51. The molecule has 17 heavy (non-hydrogen) atoms. The molecule has 0 saturated carbocycles. The number of hydrogen-bond donors (Lipinski definition) is 1. The number of para-hydroxylation sites is 1. The molecular formula is C14H22N2O. The SMILES string of the molecule is CCN(CC)C1CNc2c(cccc2OC)C1. The fraction of sp³-hybridized carbons (Fsp3) is 0.571. The fourth-order valence-corrected chi connectivity index (χ4v) is 2.66. The van der Waals surface area contributed by atoms with Crippen LogP contribution in [0, 0.1) is 0 Å². The van der Waals surface area contributed by atoms with E-state index in [2.05, 4.69) is 36.2 Å². The third kappa shape index (κ3) is 2.39. The largest absolute Gasteiger partial charge is 0.495 e. The van der Waals surface area contributed by atoms with Crippen LogP contribution in [0.15, 0.2) is 18.2 Å². The van der Waals surface area contributed by atoms with Crippen LogP contribution in [0.2, 0.25) is 0 Å². The highest BCUT2D eigenvalue weighted by Crippen LogP contribution is 2.32. The van der Waals surface area contributed by atoms with E-state index in [9.17, 15) is 0 Å². The normalized spacial score (nSPS) is 18.7. The number of ether oxygens (including phenoxy) is 1. The third-order valence-electron chi connectivity index (χ3n) is 3.63. The average Bonchev–Trinajstić information content (AvgIpc) is 2.39. The number of methoxy groups -OCH3 is 1. The highest BCUT2D eigenvalue weighted by Gasteiger charge is 2.23. The predicted molar refractivity (Wildman–Crippen MR) is 71.9 cm³/mol. The van der Waals surface area contributed by atoms with Crippen molar-refractivity contribution in [3.05, 3.63) is 23.8 Å². The second kappa shape index (κ2) is 5.41. The number of benzene rings is 1. The van der Waals surface area contributed by atoms with Crippen molar-refractivity contribution in [2.24, 2.45) is 0 Å². The van der Waals surface area contributed by atoms with Gasteiger partial charge in [-0.15, -0.1) is 0 Å². The van der Waals surface area contributed by atoms with Gasteiger partial charge in [-0.25, -0.2) is 0 Å². The summed E-state index contributed by atoms with van der Waals surface area (Å²) in [7, 11) is 1.73. The van der Waals surface area contributed by atoms with Gasteiger partial charge >= 0.3 is 0 Å². The third-order valence-corrected chi connectivity index (χ3v) is 3.63. The summed E-state index contributed by atoms with van der Waals surface area (Å²) < 4.78 is 5.38. The first kappa shape index (κ1) is 12.2. The van der Waals surface area contributed by atoms with E-state index >= 15 is 0 Å². The lowest BCUT2D eigenvalue weighted by Crippen LogP contribution is -2.43. The standard InChI is InChI=1S/C14H22N2O/c1-4-16(5-2)12-9-11-7-6-8-13(17-3)14(11)15-10-12/h6-8,12,15H,4-5,9-10H2,1-3H3. The zero-order valence-electron chi connectivity index (χ0n) is 11.0. The van der Waals surface area contributed by atoms with Crippen molar-refractivity contribution in [3.8, 4) is 5.75 Å².